The number of alkyl carbamates (subject to hydrolysis) is 1. The molecule has 3 rings (SSSR count). The van der Waals surface area contributed by atoms with Crippen LogP contribution in [0.4, 0.5) is 4.79 Å². The number of amides is 1. The van der Waals surface area contributed by atoms with Crippen LogP contribution in [-0.2, 0) is 11.2 Å². The third-order valence-electron chi connectivity index (χ3n) is 3.79. The lowest BCUT2D eigenvalue weighted by molar-refractivity contribution is 0.0974. The lowest BCUT2D eigenvalue weighted by Crippen LogP contribution is -2.26. The summed E-state index contributed by atoms with van der Waals surface area (Å²) in [6.07, 6.45) is -0.245. The molecule has 3 aromatic rings. The van der Waals surface area contributed by atoms with E-state index in [2.05, 4.69) is 10.3 Å². The summed E-state index contributed by atoms with van der Waals surface area (Å²) in [5, 5.41) is 3.78. The highest BCUT2D eigenvalue weighted by Crippen LogP contribution is 2.23. The topological polar surface area (TPSA) is 51.2 Å². The van der Waals surface area contributed by atoms with E-state index in [1.54, 1.807) is 0 Å². The number of nitrogens with zero attached hydrogens (tertiary/aromatic N) is 1. The monoisotopic (exact) mass is 320 g/mol. The normalized spacial score (nSPS) is 11.9. The second kappa shape index (κ2) is 7.59. The molecule has 1 amide bonds. The van der Waals surface area contributed by atoms with E-state index in [0.717, 1.165) is 22.2 Å². The van der Waals surface area contributed by atoms with Gasteiger partial charge in [-0.3, -0.25) is 4.98 Å². The van der Waals surface area contributed by atoms with Crippen LogP contribution in [0.5, 0.6) is 0 Å². The van der Waals surface area contributed by atoms with Crippen LogP contribution >= 0.6 is 0 Å². The Labute approximate surface area is 141 Å². The lowest BCUT2D eigenvalue weighted by Gasteiger charge is -2.18. The maximum Gasteiger partial charge on any atom is 0.407 e. The van der Waals surface area contributed by atoms with Crippen molar-refractivity contribution < 1.29 is 9.53 Å². The van der Waals surface area contributed by atoms with E-state index in [0.29, 0.717) is 13.0 Å². The van der Waals surface area contributed by atoms with Crippen molar-refractivity contribution in [3.63, 3.8) is 0 Å². The molecule has 0 bridgehead atoms. The first-order chi connectivity index (χ1) is 11.8. The van der Waals surface area contributed by atoms with Crippen molar-refractivity contribution in [1.82, 2.24) is 10.3 Å². The van der Waals surface area contributed by atoms with Crippen molar-refractivity contribution in [1.29, 1.82) is 0 Å². The Balaban J connectivity index is 1.85. The Bertz CT molecular complexity index is 818. The molecule has 24 heavy (non-hydrogen) atoms. The molecule has 0 radical (unpaired) electrons. The largest absolute Gasteiger partial charge is 0.441 e. The zero-order valence-electron chi connectivity index (χ0n) is 13.6. The van der Waals surface area contributed by atoms with Gasteiger partial charge in [0.1, 0.15) is 6.10 Å². The molecule has 0 aliphatic rings. The van der Waals surface area contributed by atoms with Gasteiger partial charge in [0.15, 0.2) is 0 Å². The van der Waals surface area contributed by atoms with E-state index in [1.807, 2.05) is 73.7 Å². The zero-order valence-corrected chi connectivity index (χ0v) is 13.6. The summed E-state index contributed by atoms with van der Waals surface area (Å²) in [7, 11) is 0. The molecular formula is C20H20N2O2. The fourth-order valence-electron chi connectivity index (χ4n) is 2.62. The molecule has 0 aliphatic heterocycles. The second-order valence-corrected chi connectivity index (χ2v) is 5.53. The number of rotatable bonds is 5. The maximum atomic E-state index is 11.9. The quantitative estimate of drug-likeness (QED) is 0.764. The Hall–Kier alpha value is -2.88. The van der Waals surface area contributed by atoms with E-state index < -0.39 is 6.09 Å². The SMILES string of the molecule is CCNC(=O)O[C@H](Cc1ccc2ccccc2n1)c1ccccc1. The molecule has 0 saturated heterocycles. The van der Waals surface area contributed by atoms with Crippen LogP contribution < -0.4 is 5.32 Å². The Kier molecular flexibility index (Phi) is 5.06. The average molecular weight is 320 g/mol. The Morgan fingerprint density at radius 2 is 1.79 bits per heavy atom. The number of benzene rings is 2. The van der Waals surface area contributed by atoms with Crippen LogP contribution in [0.15, 0.2) is 66.7 Å². The average Bonchev–Trinajstić information content (AvgIpc) is 2.62. The highest BCUT2D eigenvalue weighted by molar-refractivity contribution is 5.78. The van der Waals surface area contributed by atoms with E-state index in [4.69, 9.17) is 4.74 Å². The highest BCUT2D eigenvalue weighted by Gasteiger charge is 2.18. The van der Waals surface area contributed by atoms with Crippen LogP contribution in [0.2, 0.25) is 0 Å². The Morgan fingerprint density at radius 1 is 1.04 bits per heavy atom. The minimum atomic E-state index is -0.410. The molecule has 4 heteroatoms. The van der Waals surface area contributed by atoms with Gasteiger partial charge in [0.25, 0.3) is 0 Å². The van der Waals surface area contributed by atoms with Crippen molar-refractivity contribution in [3.8, 4) is 0 Å². The number of hydrogen-bond donors (Lipinski definition) is 1. The van der Waals surface area contributed by atoms with Crippen LogP contribution in [0, 0.1) is 0 Å². The molecule has 0 spiro atoms. The molecule has 0 saturated carbocycles. The number of carbonyl (C=O) groups is 1. The predicted octanol–water partition coefficient (Wildman–Crippen LogP) is 4.26. The fraction of sp³-hybridized carbons (Fsp3) is 0.200. The van der Waals surface area contributed by atoms with Crippen molar-refractivity contribution in [2.75, 3.05) is 6.54 Å². The van der Waals surface area contributed by atoms with Gasteiger partial charge in [0.05, 0.1) is 5.52 Å². The van der Waals surface area contributed by atoms with Crippen molar-refractivity contribution in [2.24, 2.45) is 0 Å². The third kappa shape index (κ3) is 3.90. The van der Waals surface area contributed by atoms with E-state index in [-0.39, 0.29) is 6.10 Å². The summed E-state index contributed by atoms with van der Waals surface area (Å²) in [6.45, 7) is 2.40. The van der Waals surface area contributed by atoms with Crippen LogP contribution in [0.25, 0.3) is 10.9 Å². The molecule has 0 unspecified atom stereocenters. The number of aromatic nitrogens is 1. The molecule has 1 aromatic heterocycles. The lowest BCUT2D eigenvalue weighted by atomic mass is 10.0. The smallest absolute Gasteiger partial charge is 0.407 e. The molecule has 2 aromatic carbocycles. The zero-order chi connectivity index (χ0) is 16.8. The molecular weight excluding hydrogens is 300 g/mol. The summed E-state index contributed by atoms with van der Waals surface area (Å²) in [5.74, 6) is 0. The number of nitrogens with one attached hydrogen (secondary N) is 1. The minimum Gasteiger partial charge on any atom is -0.441 e. The van der Waals surface area contributed by atoms with Gasteiger partial charge in [-0.05, 0) is 24.6 Å². The van der Waals surface area contributed by atoms with Gasteiger partial charge in [0, 0.05) is 24.0 Å². The molecule has 4 nitrogen and oxygen atoms in total. The summed E-state index contributed by atoms with van der Waals surface area (Å²) in [5.41, 5.74) is 2.80. The summed E-state index contributed by atoms with van der Waals surface area (Å²) in [4.78, 5) is 16.6. The van der Waals surface area contributed by atoms with E-state index in [1.165, 1.54) is 0 Å². The van der Waals surface area contributed by atoms with E-state index >= 15 is 0 Å². The van der Waals surface area contributed by atoms with Gasteiger partial charge in [-0.1, -0.05) is 54.6 Å². The molecule has 122 valence electrons. The number of carbonyl (C=O) groups excluding carboxylic acids is 1. The molecule has 1 N–H and O–H groups in total. The van der Waals surface area contributed by atoms with Crippen LogP contribution in [0.1, 0.15) is 24.3 Å². The third-order valence-corrected chi connectivity index (χ3v) is 3.79. The molecule has 1 heterocycles. The number of hydrogen-bond acceptors (Lipinski definition) is 3. The summed E-state index contributed by atoms with van der Waals surface area (Å²) < 4.78 is 5.60. The van der Waals surface area contributed by atoms with E-state index in [9.17, 15) is 4.79 Å². The number of ether oxygens (including phenoxy) is 1. The van der Waals surface area contributed by atoms with Gasteiger partial charge in [0.2, 0.25) is 0 Å². The van der Waals surface area contributed by atoms with Gasteiger partial charge < -0.3 is 10.1 Å². The maximum absolute atomic E-state index is 11.9. The first kappa shape index (κ1) is 16.0. The number of fused-ring (bicyclic) bond motifs is 1. The van der Waals surface area contributed by atoms with Crippen molar-refractivity contribution in [3.05, 3.63) is 78.0 Å². The minimum absolute atomic E-state index is 0.369. The molecule has 1 atom stereocenters. The van der Waals surface area contributed by atoms with Gasteiger partial charge in [-0.2, -0.15) is 0 Å². The predicted molar refractivity (Wildman–Crippen MR) is 94.8 cm³/mol. The summed E-state index contributed by atoms with van der Waals surface area (Å²) >= 11 is 0. The molecule has 0 aliphatic carbocycles. The van der Waals surface area contributed by atoms with Crippen LogP contribution in [0.3, 0.4) is 0 Å². The molecule has 0 fully saturated rings. The van der Waals surface area contributed by atoms with Gasteiger partial charge in [-0.25, -0.2) is 4.79 Å². The first-order valence-electron chi connectivity index (χ1n) is 8.10. The highest BCUT2D eigenvalue weighted by atomic mass is 16.6. The van der Waals surface area contributed by atoms with Gasteiger partial charge in [-0.15, -0.1) is 0 Å². The van der Waals surface area contributed by atoms with Crippen molar-refractivity contribution >= 4 is 17.0 Å². The Morgan fingerprint density at radius 3 is 2.58 bits per heavy atom. The van der Waals surface area contributed by atoms with Gasteiger partial charge >= 0.3 is 6.09 Å². The number of para-hydroxylation sites is 1. The first-order valence-corrected chi connectivity index (χ1v) is 8.10. The summed E-state index contributed by atoms with van der Waals surface area (Å²) in [6, 6.07) is 21.8. The number of pyridine rings is 1. The van der Waals surface area contributed by atoms with Crippen molar-refractivity contribution in [2.45, 2.75) is 19.4 Å². The van der Waals surface area contributed by atoms with Crippen LogP contribution in [-0.4, -0.2) is 17.6 Å². The standard InChI is InChI=1S/C20H20N2O2/c1-2-21-20(23)24-19(16-9-4-3-5-10-16)14-17-13-12-15-8-6-7-11-18(15)22-17/h3-13,19H,2,14H2,1H3,(H,21,23)/t19-/m1/s1. The fourth-order valence-corrected chi connectivity index (χ4v) is 2.62. The second-order valence-electron chi connectivity index (χ2n) is 5.53.